The summed E-state index contributed by atoms with van der Waals surface area (Å²) in [5, 5.41) is 9.34. The van der Waals surface area contributed by atoms with Crippen LogP contribution in [0.25, 0.3) is 11.0 Å². The third kappa shape index (κ3) is 1.01. The van der Waals surface area contributed by atoms with Gasteiger partial charge in [0, 0.05) is 0 Å². The molecule has 0 radical (unpaired) electrons. The number of hydrogen-bond acceptors (Lipinski definition) is 3. The largest absolute Gasteiger partial charge is 0.506 e. The Bertz CT molecular complexity index is 475. The molecule has 5 nitrogen and oxygen atoms in total. The molecule has 1 aromatic heterocycles. The van der Waals surface area contributed by atoms with Gasteiger partial charge in [-0.25, -0.2) is 4.98 Å². The van der Waals surface area contributed by atoms with Gasteiger partial charge in [0.25, 0.3) is 5.91 Å². The molecule has 13 heavy (non-hydrogen) atoms. The number of aromatic hydroxyl groups is 1. The van der Waals surface area contributed by atoms with Crippen molar-refractivity contribution in [3.05, 3.63) is 24.0 Å². The zero-order valence-electron chi connectivity index (χ0n) is 6.61. The predicted octanol–water partition coefficient (Wildman–Crippen LogP) is 0.367. The van der Waals surface area contributed by atoms with E-state index in [-0.39, 0.29) is 5.75 Å². The molecule has 0 atom stereocenters. The Morgan fingerprint density at radius 1 is 1.54 bits per heavy atom. The molecule has 0 unspecified atom stereocenters. The van der Waals surface area contributed by atoms with Gasteiger partial charge in [0.1, 0.15) is 16.8 Å². The Balaban J connectivity index is 2.86. The van der Waals surface area contributed by atoms with E-state index in [0.29, 0.717) is 16.6 Å². The first kappa shape index (κ1) is 7.60. The van der Waals surface area contributed by atoms with Crippen LogP contribution in [-0.2, 0) is 0 Å². The third-order valence-corrected chi connectivity index (χ3v) is 1.82. The molecule has 2 rings (SSSR count). The van der Waals surface area contributed by atoms with Crippen LogP contribution >= 0.6 is 0 Å². The third-order valence-electron chi connectivity index (χ3n) is 1.82. The maximum absolute atomic E-state index is 10.9. The van der Waals surface area contributed by atoms with Crippen LogP contribution in [0.15, 0.2) is 18.5 Å². The zero-order chi connectivity index (χ0) is 9.42. The lowest BCUT2D eigenvalue weighted by atomic mass is 10.1. The first-order chi connectivity index (χ1) is 6.20. The van der Waals surface area contributed by atoms with E-state index in [0.717, 1.165) is 0 Å². The number of nitrogens with one attached hydrogen (secondary N) is 1. The van der Waals surface area contributed by atoms with Crippen molar-refractivity contribution in [1.82, 2.24) is 9.97 Å². The van der Waals surface area contributed by atoms with E-state index in [4.69, 9.17) is 5.73 Å². The number of aromatic amines is 1. The number of carbonyl (C=O) groups excluding carboxylic acids is 1. The van der Waals surface area contributed by atoms with E-state index in [9.17, 15) is 9.90 Å². The summed E-state index contributed by atoms with van der Waals surface area (Å²) in [6, 6.07) is 2.85. The van der Waals surface area contributed by atoms with Crippen LogP contribution < -0.4 is 5.73 Å². The molecule has 5 heteroatoms. The van der Waals surface area contributed by atoms with Gasteiger partial charge in [-0.3, -0.25) is 4.79 Å². The van der Waals surface area contributed by atoms with Crippen molar-refractivity contribution >= 4 is 16.9 Å². The van der Waals surface area contributed by atoms with E-state index in [1.807, 2.05) is 0 Å². The standard InChI is InChI=1S/C8H7N3O2/c9-8(13)4-1-2-5(12)7-6(4)10-3-11-7/h1-3,12H,(H2,9,13)(H,10,11). The van der Waals surface area contributed by atoms with Crippen molar-refractivity contribution < 1.29 is 9.90 Å². The van der Waals surface area contributed by atoms with Crippen molar-refractivity contribution in [3.63, 3.8) is 0 Å². The number of nitrogens with two attached hydrogens (primary N) is 1. The Labute approximate surface area is 73.2 Å². The second kappa shape index (κ2) is 2.48. The minimum Gasteiger partial charge on any atom is -0.506 e. The number of amides is 1. The number of carbonyl (C=O) groups is 1. The summed E-state index contributed by atoms with van der Waals surface area (Å²) in [6.45, 7) is 0. The zero-order valence-corrected chi connectivity index (χ0v) is 6.61. The number of phenolic OH excluding ortho intramolecular Hbond substituents is 1. The quantitative estimate of drug-likeness (QED) is 0.587. The molecule has 0 aliphatic heterocycles. The molecule has 0 aliphatic carbocycles. The molecule has 0 fully saturated rings. The van der Waals surface area contributed by atoms with Gasteiger partial charge in [-0.15, -0.1) is 0 Å². The maximum Gasteiger partial charge on any atom is 0.250 e. The van der Waals surface area contributed by atoms with Crippen LogP contribution in [0.1, 0.15) is 10.4 Å². The van der Waals surface area contributed by atoms with Crippen LogP contribution in [0.5, 0.6) is 5.75 Å². The average molecular weight is 177 g/mol. The van der Waals surface area contributed by atoms with Gasteiger partial charge in [0.15, 0.2) is 0 Å². The van der Waals surface area contributed by atoms with Crippen LogP contribution in [0.2, 0.25) is 0 Å². The SMILES string of the molecule is NC(=O)c1ccc(O)c2[nH]cnc12. The summed E-state index contributed by atoms with van der Waals surface area (Å²) in [6.07, 6.45) is 1.40. The van der Waals surface area contributed by atoms with Gasteiger partial charge in [-0.2, -0.15) is 0 Å². The fourth-order valence-electron chi connectivity index (χ4n) is 1.22. The number of hydrogen-bond donors (Lipinski definition) is 3. The van der Waals surface area contributed by atoms with Gasteiger partial charge in [-0.1, -0.05) is 0 Å². The lowest BCUT2D eigenvalue weighted by Crippen LogP contribution is -2.11. The number of primary amides is 1. The van der Waals surface area contributed by atoms with Crippen molar-refractivity contribution in [3.8, 4) is 5.75 Å². The number of nitrogens with zero attached hydrogens (tertiary/aromatic N) is 1. The molecule has 0 bridgehead atoms. The minimum atomic E-state index is -0.558. The lowest BCUT2D eigenvalue weighted by Gasteiger charge is -1.98. The predicted molar refractivity (Wildman–Crippen MR) is 46.3 cm³/mol. The van der Waals surface area contributed by atoms with Crippen LogP contribution in [0.3, 0.4) is 0 Å². The highest BCUT2D eigenvalue weighted by Gasteiger charge is 2.10. The molecule has 1 amide bonds. The van der Waals surface area contributed by atoms with Gasteiger partial charge < -0.3 is 15.8 Å². The van der Waals surface area contributed by atoms with E-state index in [2.05, 4.69) is 9.97 Å². The first-order valence-corrected chi connectivity index (χ1v) is 3.65. The highest BCUT2D eigenvalue weighted by molar-refractivity contribution is 6.05. The lowest BCUT2D eigenvalue weighted by molar-refractivity contribution is 0.100. The molecule has 1 aromatic carbocycles. The van der Waals surface area contributed by atoms with E-state index >= 15 is 0 Å². The summed E-state index contributed by atoms with van der Waals surface area (Å²) in [5.74, 6) is -0.505. The molecular weight excluding hydrogens is 170 g/mol. The highest BCUT2D eigenvalue weighted by Crippen LogP contribution is 2.23. The molecule has 2 aromatic rings. The highest BCUT2D eigenvalue weighted by atomic mass is 16.3. The fourth-order valence-corrected chi connectivity index (χ4v) is 1.22. The summed E-state index contributed by atoms with van der Waals surface area (Å²) in [5.41, 5.74) is 6.24. The van der Waals surface area contributed by atoms with Crippen LogP contribution in [0, 0.1) is 0 Å². The normalized spacial score (nSPS) is 10.5. The second-order valence-corrected chi connectivity index (χ2v) is 2.62. The van der Waals surface area contributed by atoms with E-state index in [1.165, 1.54) is 18.5 Å². The fraction of sp³-hybridized carbons (Fsp3) is 0. The van der Waals surface area contributed by atoms with E-state index < -0.39 is 5.91 Å². The molecule has 4 N–H and O–H groups in total. The molecule has 1 heterocycles. The van der Waals surface area contributed by atoms with Crippen molar-refractivity contribution in [2.45, 2.75) is 0 Å². The molecule has 0 saturated carbocycles. The van der Waals surface area contributed by atoms with Crippen LogP contribution in [0.4, 0.5) is 0 Å². The number of H-pyrrole nitrogens is 1. The number of rotatable bonds is 1. The van der Waals surface area contributed by atoms with Gasteiger partial charge in [0.05, 0.1) is 11.9 Å². The van der Waals surface area contributed by atoms with Crippen LogP contribution in [-0.4, -0.2) is 21.0 Å². The van der Waals surface area contributed by atoms with Crippen molar-refractivity contribution in [2.24, 2.45) is 5.73 Å². The number of phenols is 1. The topological polar surface area (TPSA) is 92.0 Å². The Hall–Kier alpha value is -2.04. The molecule has 0 aliphatic rings. The van der Waals surface area contributed by atoms with Crippen molar-refractivity contribution in [1.29, 1.82) is 0 Å². The average Bonchev–Trinajstić information content (AvgIpc) is 2.53. The smallest absolute Gasteiger partial charge is 0.250 e. The van der Waals surface area contributed by atoms with Crippen molar-refractivity contribution in [2.75, 3.05) is 0 Å². The van der Waals surface area contributed by atoms with E-state index in [1.54, 1.807) is 0 Å². The Morgan fingerprint density at radius 3 is 3.00 bits per heavy atom. The second-order valence-electron chi connectivity index (χ2n) is 2.62. The van der Waals surface area contributed by atoms with Gasteiger partial charge in [-0.05, 0) is 12.1 Å². The Kier molecular flexibility index (Phi) is 1.45. The molecule has 0 saturated heterocycles. The number of aromatic nitrogens is 2. The maximum atomic E-state index is 10.9. The summed E-state index contributed by atoms with van der Waals surface area (Å²) in [4.78, 5) is 17.5. The summed E-state index contributed by atoms with van der Waals surface area (Å²) in [7, 11) is 0. The number of fused-ring (bicyclic) bond motifs is 1. The minimum absolute atomic E-state index is 0.0532. The molecular formula is C8H7N3O2. The molecule has 66 valence electrons. The summed E-state index contributed by atoms with van der Waals surface area (Å²) >= 11 is 0. The summed E-state index contributed by atoms with van der Waals surface area (Å²) < 4.78 is 0. The van der Waals surface area contributed by atoms with Gasteiger partial charge in [0.2, 0.25) is 0 Å². The monoisotopic (exact) mass is 177 g/mol. The van der Waals surface area contributed by atoms with Gasteiger partial charge >= 0.3 is 0 Å². The number of benzene rings is 1. The Morgan fingerprint density at radius 2 is 2.31 bits per heavy atom. The molecule has 0 spiro atoms. The first-order valence-electron chi connectivity index (χ1n) is 3.65. The number of imidazole rings is 1.